The fraction of sp³-hybridized carbons (Fsp3) is 0.438. The number of fused-ring (bicyclic) bond motifs is 1. The molecule has 4 heteroatoms. The fourth-order valence-corrected chi connectivity index (χ4v) is 3.82. The maximum atomic E-state index is 5.88. The van der Waals surface area contributed by atoms with Gasteiger partial charge in [-0.1, -0.05) is 24.3 Å². The predicted octanol–water partition coefficient (Wildman–Crippen LogP) is 3.22. The van der Waals surface area contributed by atoms with E-state index in [1.54, 1.807) is 11.3 Å². The Hall–Kier alpha value is -1.23. The molecule has 1 aromatic carbocycles. The van der Waals surface area contributed by atoms with Gasteiger partial charge in [0.15, 0.2) is 0 Å². The molecular weight excluding hydrogens is 268 g/mol. The van der Waals surface area contributed by atoms with Gasteiger partial charge in [-0.3, -0.25) is 5.32 Å². The normalized spacial score (nSPS) is 22.0. The monoisotopic (exact) mass is 288 g/mol. The van der Waals surface area contributed by atoms with Gasteiger partial charge in [-0.15, -0.1) is 11.3 Å². The molecule has 1 atom stereocenters. The lowest BCUT2D eigenvalue weighted by Gasteiger charge is -2.39. The largest absolute Gasteiger partial charge is 0.374 e. The summed E-state index contributed by atoms with van der Waals surface area (Å²) in [6.45, 7) is 7.69. The molecule has 106 valence electrons. The Bertz CT molecular complexity index is 608. The number of hydrogen-bond donors (Lipinski definition) is 1. The molecule has 0 saturated carbocycles. The second-order valence-corrected chi connectivity index (χ2v) is 6.51. The second kappa shape index (κ2) is 5.28. The van der Waals surface area contributed by atoms with Crippen LogP contribution in [-0.2, 0) is 16.9 Å². The molecule has 2 aromatic rings. The number of nitrogens with one attached hydrogen (secondary N) is 1. The molecule has 20 heavy (non-hydrogen) atoms. The molecule has 1 aliphatic rings. The Balaban J connectivity index is 2.17. The minimum absolute atomic E-state index is 0.318. The van der Waals surface area contributed by atoms with Crippen molar-refractivity contribution in [3.8, 4) is 0 Å². The summed E-state index contributed by atoms with van der Waals surface area (Å²) < 4.78 is 5.88. The van der Waals surface area contributed by atoms with E-state index in [1.807, 2.05) is 6.92 Å². The number of rotatable bonds is 3. The Kier molecular flexibility index (Phi) is 3.63. The molecule has 0 bridgehead atoms. The van der Waals surface area contributed by atoms with Crippen LogP contribution < -0.4 is 5.32 Å². The number of thiazole rings is 1. The van der Waals surface area contributed by atoms with Gasteiger partial charge in [0.1, 0.15) is 10.5 Å². The van der Waals surface area contributed by atoms with Crippen molar-refractivity contribution in [3.63, 3.8) is 0 Å². The van der Waals surface area contributed by atoms with Crippen molar-refractivity contribution < 1.29 is 4.74 Å². The van der Waals surface area contributed by atoms with Crippen molar-refractivity contribution in [3.05, 3.63) is 51.5 Å². The third-order valence-electron chi connectivity index (χ3n) is 3.57. The zero-order valence-corrected chi connectivity index (χ0v) is 13.0. The number of aryl methyl sites for hydroxylation is 1. The lowest BCUT2D eigenvalue weighted by atomic mass is 9.85. The lowest BCUT2D eigenvalue weighted by Crippen LogP contribution is -2.52. The third kappa shape index (κ3) is 2.28. The highest BCUT2D eigenvalue weighted by Crippen LogP contribution is 2.38. The summed E-state index contributed by atoms with van der Waals surface area (Å²) in [4.78, 5) is 4.73. The minimum Gasteiger partial charge on any atom is -0.374 e. The average Bonchev–Trinajstić information content (AvgIpc) is 2.86. The van der Waals surface area contributed by atoms with Crippen molar-refractivity contribution in [1.82, 2.24) is 10.3 Å². The standard InChI is InChI=1S/C16H20N2OS/c1-11(2)18-16(15-17-12(3)9-20-15)10-19-8-13-6-4-5-7-14(13)16/h4-7,9,11,18H,8,10H2,1-3H3. The molecule has 0 aliphatic carbocycles. The van der Waals surface area contributed by atoms with Crippen LogP contribution in [-0.4, -0.2) is 17.6 Å². The van der Waals surface area contributed by atoms with Crippen molar-refractivity contribution in [2.75, 3.05) is 6.61 Å². The van der Waals surface area contributed by atoms with Gasteiger partial charge < -0.3 is 4.74 Å². The smallest absolute Gasteiger partial charge is 0.120 e. The number of ether oxygens (including phenoxy) is 1. The van der Waals surface area contributed by atoms with Crippen LogP contribution >= 0.6 is 11.3 Å². The number of aromatic nitrogens is 1. The van der Waals surface area contributed by atoms with Gasteiger partial charge in [0, 0.05) is 17.1 Å². The van der Waals surface area contributed by atoms with Gasteiger partial charge in [0.25, 0.3) is 0 Å². The van der Waals surface area contributed by atoms with Crippen LogP contribution in [0.3, 0.4) is 0 Å². The van der Waals surface area contributed by atoms with E-state index in [4.69, 9.17) is 9.72 Å². The average molecular weight is 288 g/mol. The Labute approximate surface area is 124 Å². The summed E-state index contributed by atoms with van der Waals surface area (Å²) in [6.07, 6.45) is 0. The first-order valence-corrected chi connectivity index (χ1v) is 7.86. The molecule has 0 radical (unpaired) electrons. The molecule has 1 aromatic heterocycles. The van der Waals surface area contributed by atoms with E-state index in [0.717, 1.165) is 10.7 Å². The van der Waals surface area contributed by atoms with Gasteiger partial charge >= 0.3 is 0 Å². The van der Waals surface area contributed by atoms with E-state index < -0.39 is 0 Å². The van der Waals surface area contributed by atoms with Crippen LogP contribution in [0.1, 0.15) is 35.7 Å². The summed E-state index contributed by atoms with van der Waals surface area (Å²) in [5.74, 6) is 0. The molecule has 1 N–H and O–H groups in total. The quantitative estimate of drug-likeness (QED) is 0.941. The van der Waals surface area contributed by atoms with Crippen molar-refractivity contribution in [1.29, 1.82) is 0 Å². The maximum Gasteiger partial charge on any atom is 0.120 e. The zero-order valence-electron chi connectivity index (χ0n) is 12.1. The van der Waals surface area contributed by atoms with E-state index in [2.05, 4.69) is 48.8 Å². The summed E-state index contributed by atoms with van der Waals surface area (Å²) in [5.41, 5.74) is 3.30. The van der Waals surface area contributed by atoms with Crippen molar-refractivity contribution in [2.24, 2.45) is 0 Å². The molecule has 2 heterocycles. The van der Waals surface area contributed by atoms with Gasteiger partial charge in [0.05, 0.1) is 13.2 Å². The van der Waals surface area contributed by atoms with E-state index in [0.29, 0.717) is 19.3 Å². The fourth-order valence-electron chi connectivity index (χ4n) is 2.86. The second-order valence-electron chi connectivity index (χ2n) is 5.65. The highest BCUT2D eigenvalue weighted by molar-refractivity contribution is 7.09. The van der Waals surface area contributed by atoms with Gasteiger partial charge in [-0.25, -0.2) is 4.98 Å². The van der Waals surface area contributed by atoms with E-state index in [-0.39, 0.29) is 5.54 Å². The topological polar surface area (TPSA) is 34.1 Å². The van der Waals surface area contributed by atoms with Crippen molar-refractivity contribution in [2.45, 2.75) is 39.0 Å². The van der Waals surface area contributed by atoms with Gasteiger partial charge in [-0.2, -0.15) is 0 Å². The maximum absolute atomic E-state index is 5.88. The molecule has 3 nitrogen and oxygen atoms in total. The zero-order chi connectivity index (χ0) is 14.2. The third-order valence-corrected chi connectivity index (χ3v) is 4.69. The van der Waals surface area contributed by atoms with Crippen LogP contribution in [0, 0.1) is 6.92 Å². The summed E-state index contributed by atoms with van der Waals surface area (Å²) in [5, 5.41) is 6.90. The number of hydrogen-bond acceptors (Lipinski definition) is 4. The Morgan fingerprint density at radius 2 is 2.15 bits per heavy atom. The van der Waals surface area contributed by atoms with Crippen LogP contribution in [0.2, 0.25) is 0 Å². The van der Waals surface area contributed by atoms with E-state index >= 15 is 0 Å². The Morgan fingerprint density at radius 3 is 2.85 bits per heavy atom. The molecule has 0 fully saturated rings. The van der Waals surface area contributed by atoms with Crippen LogP contribution in [0.4, 0.5) is 0 Å². The van der Waals surface area contributed by atoms with Gasteiger partial charge in [0.2, 0.25) is 0 Å². The number of benzene rings is 1. The number of nitrogens with zero attached hydrogens (tertiary/aromatic N) is 1. The first-order chi connectivity index (χ1) is 9.62. The molecular formula is C16H20N2OS. The molecule has 1 aliphatic heterocycles. The van der Waals surface area contributed by atoms with E-state index in [1.165, 1.54) is 11.1 Å². The highest BCUT2D eigenvalue weighted by atomic mass is 32.1. The SMILES string of the molecule is Cc1csc(C2(NC(C)C)COCc3ccccc32)n1. The molecule has 1 unspecified atom stereocenters. The van der Waals surface area contributed by atoms with Crippen LogP contribution in [0.25, 0.3) is 0 Å². The summed E-state index contributed by atoms with van der Waals surface area (Å²) >= 11 is 1.71. The van der Waals surface area contributed by atoms with Gasteiger partial charge in [-0.05, 0) is 31.9 Å². The van der Waals surface area contributed by atoms with Crippen LogP contribution in [0.5, 0.6) is 0 Å². The molecule has 0 amide bonds. The van der Waals surface area contributed by atoms with Crippen molar-refractivity contribution >= 4 is 11.3 Å². The molecule has 0 saturated heterocycles. The first-order valence-electron chi connectivity index (χ1n) is 6.98. The summed E-state index contributed by atoms with van der Waals surface area (Å²) in [6, 6.07) is 8.87. The highest BCUT2D eigenvalue weighted by Gasteiger charge is 2.41. The van der Waals surface area contributed by atoms with Crippen LogP contribution in [0.15, 0.2) is 29.6 Å². The predicted molar refractivity (Wildman–Crippen MR) is 82.0 cm³/mol. The lowest BCUT2D eigenvalue weighted by molar-refractivity contribution is 0.0489. The van der Waals surface area contributed by atoms with E-state index in [9.17, 15) is 0 Å². The molecule has 3 rings (SSSR count). The minimum atomic E-state index is -0.318. The Morgan fingerprint density at radius 1 is 1.35 bits per heavy atom. The molecule has 0 spiro atoms. The first kappa shape index (κ1) is 13.7. The summed E-state index contributed by atoms with van der Waals surface area (Å²) in [7, 11) is 0.